The molecule has 1 aromatic rings. The van der Waals surface area contributed by atoms with Crippen LogP contribution >= 0.6 is 0 Å². The lowest BCUT2D eigenvalue weighted by molar-refractivity contribution is 0.0600. The molecule has 0 saturated carbocycles. The topological polar surface area (TPSA) is 68.5 Å². The molecule has 0 amide bonds. The minimum atomic E-state index is -0.371. The molecule has 5 nitrogen and oxygen atoms in total. The second-order valence-corrected chi connectivity index (χ2v) is 3.80. The summed E-state index contributed by atoms with van der Waals surface area (Å²) in [6.07, 6.45) is 3.63. The molecule has 1 aliphatic heterocycles. The van der Waals surface area contributed by atoms with Crippen LogP contribution < -0.4 is 10.6 Å². The van der Waals surface area contributed by atoms with Crippen molar-refractivity contribution in [2.45, 2.75) is 19.0 Å². The molecule has 1 aromatic heterocycles. The van der Waals surface area contributed by atoms with Crippen molar-refractivity contribution in [3.63, 3.8) is 0 Å². The first kappa shape index (κ1) is 10.9. The second-order valence-electron chi connectivity index (χ2n) is 3.80. The lowest BCUT2D eigenvalue weighted by Crippen LogP contribution is -2.36. The molecule has 2 N–H and O–H groups in total. The Morgan fingerprint density at radius 1 is 1.62 bits per heavy atom. The van der Waals surface area contributed by atoms with Crippen molar-refractivity contribution in [3.8, 4) is 0 Å². The normalized spacial score (nSPS) is 19.9. The van der Waals surface area contributed by atoms with E-state index in [1.54, 1.807) is 12.1 Å². The number of ether oxygens (including phenoxy) is 1. The van der Waals surface area contributed by atoms with Gasteiger partial charge in [-0.15, -0.1) is 0 Å². The number of esters is 1. The fourth-order valence-electron chi connectivity index (χ4n) is 1.87. The van der Waals surface area contributed by atoms with E-state index in [2.05, 4.69) is 9.72 Å². The average Bonchev–Trinajstić information content (AvgIpc) is 2.75. The number of nitrogens with zero attached hydrogens (tertiary/aromatic N) is 2. The van der Waals surface area contributed by atoms with Crippen molar-refractivity contribution in [2.75, 3.05) is 18.6 Å². The number of hydrogen-bond donors (Lipinski definition) is 1. The van der Waals surface area contributed by atoms with Crippen LogP contribution in [0.4, 0.5) is 5.82 Å². The number of hydrogen-bond acceptors (Lipinski definition) is 5. The molecule has 0 aliphatic carbocycles. The van der Waals surface area contributed by atoms with E-state index in [0.29, 0.717) is 5.56 Å². The monoisotopic (exact) mass is 221 g/mol. The van der Waals surface area contributed by atoms with Crippen LogP contribution in [0.15, 0.2) is 18.3 Å². The molecule has 86 valence electrons. The third-order valence-corrected chi connectivity index (χ3v) is 2.76. The Hall–Kier alpha value is -1.62. The number of pyridine rings is 1. The molecule has 1 atom stereocenters. The van der Waals surface area contributed by atoms with Crippen LogP contribution in [0.25, 0.3) is 0 Å². The van der Waals surface area contributed by atoms with Gasteiger partial charge in [-0.25, -0.2) is 9.78 Å². The van der Waals surface area contributed by atoms with Gasteiger partial charge in [-0.3, -0.25) is 0 Å². The summed E-state index contributed by atoms with van der Waals surface area (Å²) in [6.45, 7) is 0.922. The highest BCUT2D eigenvalue weighted by Crippen LogP contribution is 2.20. The first-order chi connectivity index (χ1) is 7.72. The van der Waals surface area contributed by atoms with Crippen molar-refractivity contribution in [1.82, 2.24) is 4.98 Å². The number of carbonyl (C=O) groups is 1. The van der Waals surface area contributed by atoms with E-state index in [9.17, 15) is 4.79 Å². The van der Waals surface area contributed by atoms with Crippen molar-refractivity contribution >= 4 is 11.8 Å². The lowest BCUT2D eigenvalue weighted by Gasteiger charge is -2.22. The van der Waals surface area contributed by atoms with E-state index >= 15 is 0 Å². The first-order valence-corrected chi connectivity index (χ1v) is 5.29. The van der Waals surface area contributed by atoms with Crippen LogP contribution in [0, 0.1) is 0 Å². The van der Waals surface area contributed by atoms with Crippen LogP contribution in [0.3, 0.4) is 0 Å². The third kappa shape index (κ3) is 1.99. The Kier molecular flexibility index (Phi) is 3.05. The molecule has 1 fully saturated rings. The molecule has 5 heteroatoms. The van der Waals surface area contributed by atoms with E-state index in [-0.39, 0.29) is 12.1 Å². The quantitative estimate of drug-likeness (QED) is 0.746. The van der Waals surface area contributed by atoms with E-state index < -0.39 is 0 Å². The van der Waals surface area contributed by atoms with Crippen molar-refractivity contribution < 1.29 is 9.53 Å². The zero-order valence-corrected chi connectivity index (χ0v) is 9.22. The maximum Gasteiger partial charge on any atom is 0.339 e. The van der Waals surface area contributed by atoms with Crippen molar-refractivity contribution in [1.29, 1.82) is 0 Å². The SMILES string of the molecule is COC(=O)c1ccc(N2CCCC2N)nc1. The van der Waals surface area contributed by atoms with Gasteiger partial charge in [-0.2, -0.15) is 0 Å². The number of aromatic nitrogens is 1. The van der Waals surface area contributed by atoms with Gasteiger partial charge >= 0.3 is 5.97 Å². The minimum absolute atomic E-state index is 0.0384. The molecule has 1 unspecified atom stereocenters. The van der Waals surface area contributed by atoms with E-state index in [1.165, 1.54) is 13.3 Å². The molecular formula is C11H15N3O2. The van der Waals surface area contributed by atoms with Gasteiger partial charge in [0.2, 0.25) is 0 Å². The van der Waals surface area contributed by atoms with E-state index in [4.69, 9.17) is 5.73 Å². The molecule has 2 heterocycles. The molecule has 1 saturated heterocycles. The minimum Gasteiger partial charge on any atom is -0.465 e. The molecule has 2 rings (SSSR count). The Morgan fingerprint density at radius 3 is 2.94 bits per heavy atom. The summed E-state index contributed by atoms with van der Waals surface area (Å²) in [5.74, 6) is 0.447. The highest BCUT2D eigenvalue weighted by molar-refractivity contribution is 5.89. The van der Waals surface area contributed by atoms with E-state index in [0.717, 1.165) is 25.2 Å². The Balaban J connectivity index is 2.16. The van der Waals surface area contributed by atoms with Gasteiger partial charge in [-0.05, 0) is 25.0 Å². The summed E-state index contributed by atoms with van der Waals surface area (Å²) in [4.78, 5) is 17.5. The van der Waals surface area contributed by atoms with Crippen LogP contribution in [0.1, 0.15) is 23.2 Å². The predicted octanol–water partition coefficient (Wildman–Crippen LogP) is 0.753. The predicted molar refractivity (Wildman–Crippen MR) is 60.1 cm³/mol. The van der Waals surface area contributed by atoms with E-state index in [1.807, 2.05) is 4.90 Å². The van der Waals surface area contributed by atoms with Crippen molar-refractivity contribution in [3.05, 3.63) is 23.9 Å². The molecule has 0 bridgehead atoms. The number of nitrogens with two attached hydrogens (primary N) is 1. The summed E-state index contributed by atoms with van der Waals surface area (Å²) in [5.41, 5.74) is 6.39. The maximum absolute atomic E-state index is 11.2. The fourth-order valence-corrected chi connectivity index (χ4v) is 1.87. The zero-order valence-electron chi connectivity index (χ0n) is 9.22. The maximum atomic E-state index is 11.2. The van der Waals surface area contributed by atoms with Gasteiger partial charge in [0.05, 0.1) is 18.8 Å². The Morgan fingerprint density at radius 2 is 2.44 bits per heavy atom. The molecular weight excluding hydrogens is 206 g/mol. The van der Waals surface area contributed by atoms with Gasteiger partial charge in [0.1, 0.15) is 5.82 Å². The number of methoxy groups -OCH3 is 1. The zero-order chi connectivity index (χ0) is 11.5. The number of carbonyl (C=O) groups excluding carboxylic acids is 1. The Bertz CT molecular complexity index is 377. The summed E-state index contributed by atoms with van der Waals surface area (Å²) in [5, 5.41) is 0. The lowest BCUT2D eigenvalue weighted by atomic mass is 10.3. The molecule has 0 aromatic carbocycles. The van der Waals surface area contributed by atoms with Gasteiger partial charge < -0.3 is 15.4 Å². The van der Waals surface area contributed by atoms with Crippen molar-refractivity contribution in [2.24, 2.45) is 5.73 Å². The third-order valence-electron chi connectivity index (χ3n) is 2.76. The largest absolute Gasteiger partial charge is 0.465 e. The average molecular weight is 221 g/mol. The summed E-state index contributed by atoms with van der Waals surface area (Å²) in [7, 11) is 1.35. The fraction of sp³-hybridized carbons (Fsp3) is 0.455. The smallest absolute Gasteiger partial charge is 0.339 e. The number of rotatable bonds is 2. The summed E-state index contributed by atoms with van der Waals surface area (Å²) in [6, 6.07) is 3.51. The van der Waals surface area contributed by atoms with Gasteiger partial charge in [-0.1, -0.05) is 0 Å². The van der Waals surface area contributed by atoms with Gasteiger partial charge in [0, 0.05) is 12.7 Å². The van der Waals surface area contributed by atoms with Gasteiger partial charge in [0.15, 0.2) is 0 Å². The standard InChI is InChI=1S/C11H15N3O2/c1-16-11(15)8-4-5-10(13-7-8)14-6-2-3-9(14)12/h4-5,7,9H,2-3,6,12H2,1H3. The van der Waals surface area contributed by atoms with Crippen LogP contribution in [0.2, 0.25) is 0 Å². The van der Waals surface area contributed by atoms with Crippen LogP contribution in [-0.2, 0) is 4.74 Å². The van der Waals surface area contributed by atoms with Crippen LogP contribution in [0.5, 0.6) is 0 Å². The highest BCUT2D eigenvalue weighted by Gasteiger charge is 2.22. The molecule has 0 radical (unpaired) electrons. The summed E-state index contributed by atoms with van der Waals surface area (Å²) >= 11 is 0. The Labute approximate surface area is 94.2 Å². The molecule has 1 aliphatic rings. The highest BCUT2D eigenvalue weighted by atomic mass is 16.5. The first-order valence-electron chi connectivity index (χ1n) is 5.29. The molecule has 0 spiro atoms. The van der Waals surface area contributed by atoms with Crippen LogP contribution in [-0.4, -0.2) is 30.8 Å². The summed E-state index contributed by atoms with van der Waals surface area (Å²) < 4.78 is 4.61. The van der Waals surface area contributed by atoms with Gasteiger partial charge in [0.25, 0.3) is 0 Å². The second kappa shape index (κ2) is 4.49. The number of anilines is 1. The molecule has 16 heavy (non-hydrogen) atoms.